The fourth-order valence-corrected chi connectivity index (χ4v) is 0. The summed E-state index contributed by atoms with van der Waals surface area (Å²) in [5, 5.41) is 0. The van der Waals surface area contributed by atoms with Gasteiger partial charge in [-0.25, -0.2) is 0 Å². The van der Waals surface area contributed by atoms with Crippen LogP contribution in [0.5, 0.6) is 0 Å². The van der Waals surface area contributed by atoms with Crippen LogP contribution in [-0.4, -0.2) is 10.2 Å². The van der Waals surface area contributed by atoms with Crippen molar-refractivity contribution in [3.05, 3.63) is 12.3 Å². The van der Waals surface area contributed by atoms with E-state index in [-0.39, 0.29) is 22.4 Å². The van der Waals surface area contributed by atoms with Crippen molar-refractivity contribution in [3.8, 4) is 0 Å². The predicted molar refractivity (Wildman–Crippen MR) is 14.6 cm³/mol. The monoisotopic (exact) mass is 251 g/mol. The number of hydrogen-bond acceptors (Lipinski definition) is 0. The molecule has 2 heteroatoms. The van der Waals surface area contributed by atoms with Crippen LogP contribution in [0, 0.1) is 6.58 Å². The average Bonchev–Trinajstić information content (AvgIpc) is 0.918. The number of hydrogen-bond donors (Lipinski definition) is 0. The standard InChI is InChI=1S/C2H2Si.Au/c1-2-3;/h1-2H;/q-1;+1. The second-order valence-electron chi connectivity index (χ2n) is 0.167. The van der Waals surface area contributed by atoms with E-state index in [0.29, 0.717) is 0 Å². The molecule has 0 bridgehead atoms. The van der Waals surface area contributed by atoms with Gasteiger partial charge in [0.25, 0.3) is 0 Å². The third-order valence-electron chi connectivity index (χ3n) is 0. The van der Waals surface area contributed by atoms with Crippen LogP contribution in [0.3, 0.4) is 0 Å². The van der Waals surface area contributed by atoms with Gasteiger partial charge in [-0.2, -0.15) is 0 Å². The van der Waals surface area contributed by atoms with Gasteiger partial charge in [0.15, 0.2) is 0 Å². The zero-order chi connectivity index (χ0) is 2.71. The molecule has 0 aliphatic rings. The molecule has 0 N–H and O–H groups in total. The van der Waals surface area contributed by atoms with Crippen molar-refractivity contribution in [1.29, 1.82) is 0 Å². The van der Waals surface area contributed by atoms with E-state index in [4.69, 9.17) is 0 Å². The third-order valence-corrected chi connectivity index (χ3v) is 0. The van der Waals surface area contributed by atoms with Gasteiger partial charge in [-0.15, -0.1) is 0 Å². The molecule has 3 radical (unpaired) electrons. The van der Waals surface area contributed by atoms with E-state index in [1.54, 1.807) is 0 Å². The number of rotatable bonds is 0. The molecule has 4 heavy (non-hydrogen) atoms. The average molecular weight is 251 g/mol. The van der Waals surface area contributed by atoms with Crippen LogP contribution >= 0.6 is 0 Å². The Hall–Kier alpha value is 0.697. The van der Waals surface area contributed by atoms with Gasteiger partial charge in [-0.05, 0) is 0 Å². The van der Waals surface area contributed by atoms with Gasteiger partial charge in [0.2, 0.25) is 0 Å². The van der Waals surface area contributed by atoms with Crippen molar-refractivity contribution < 1.29 is 22.4 Å². The van der Waals surface area contributed by atoms with E-state index in [1.165, 1.54) is 5.70 Å². The van der Waals surface area contributed by atoms with Gasteiger partial charge in [0, 0.05) is 10.2 Å². The summed E-state index contributed by atoms with van der Waals surface area (Å²) in [6.45, 7) is 4.64. The molecule has 0 spiro atoms. The van der Waals surface area contributed by atoms with Gasteiger partial charge in [0.1, 0.15) is 0 Å². The second-order valence-corrected chi connectivity index (χ2v) is 0.500. The van der Waals surface area contributed by atoms with Gasteiger partial charge in [0.05, 0.1) is 0 Å². The smallest absolute Gasteiger partial charge is 0.523 e. The van der Waals surface area contributed by atoms with E-state index in [2.05, 4.69) is 16.8 Å². The Morgan fingerprint density at radius 3 is 1.75 bits per heavy atom. The van der Waals surface area contributed by atoms with Gasteiger partial charge in [-0.3, -0.25) is 5.70 Å². The van der Waals surface area contributed by atoms with Crippen molar-refractivity contribution in [3.63, 3.8) is 0 Å². The molecular weight excluding hydrogens is 249 g/mol. The Balaban J connectivity index is 0. The van der Waals surface area contributed by atoms with E-state index in [1.807, 2.05) is 0 Å². The topological polar surface area (TPSA) is 0 Å². The molecular formula is C2H2AuSi. The van der Waals surface area contributed by atoms with Gasteiger partial charge in [-0.1, -0.05) is 0 Å². The summed E-state index contributed by atoms with van der Waals surface area (Å²) < 4.78 is 0. The third kappa shape index (κ3) is 16.0. The maximum atomic E-state index is 4.64. The maximum absolute atomic E-state index is 4.64. The zero-order valence-electron chi connectivity index (χ0n) is 1.96. The molecule has 0 amide bonds. The quantitative estimate of drug-likeness (QED) is 0.423. The van der Waals surface area contributed by atoms with Crippen molar-refractivity contribution in [2.24, 2.45) is 0 Å². The van der Waals surface area contributed by atoms with Crippen molar-refractivity contribution >= 4 is 10.2 Å². The van der Waals surface area contributed by atoms with Crippen LogP contribution in [-0.2, 0) is 22.4 Å². The molecule has 0 unspecified atom stereocenters. The largest absolute Gasteiger partial charge is 1.00 e. The van der Waals surface area contributed by atoms with Crippen LogP contribution in [0.25, 0.3) is 0 Å². The van der Waals surface area contributed by atoms with Crippen molar-refractivity contribution in [1.82, 2.24) is 0 Å². The van der Waals surface area contributed by atoms with Gasteiger partial charge >= 0.3 is 22.4 Å². The summed E-state index contributed by atoms with van der Waals surface area (Å²) in [5.41, 5.74) is 1.31. The molecule has 0 atom stereocenters. The first kappa shape index (κ1) is 8.83. The van der Waals surface area contributed by atoms with Crippen molar-refractivity contribution in [2.45, 2.75) is 0 Å². The first-order chi connectivity index (χ1) is 1.41. The summed E-state index contributed by atoms with van der Waals surface area (Å²) >= 11 is 0. The molecule has 0 rings (SSSR count). The second kappa shape index (κ2) is 9.34. The first-order valence-corrected chi connectivity index (χ1v) is 1.20. The molecule has 25 valence electrons. The Kier molecular flexibility index (Phi) is 20.6. The van der Waals surface area contributed by atoms with E-state index in [9.17, 15) is 0 Å². The summed E-state index contributed by atoms with van der Waals surface area (Å²) in [6, 6.07) is 0. The molecule has 0 aromatic heterocycles. The summed E-state index contributed by atoms with van der Waals surface area (Å²) in [4.78, 5) is 0. The predicted octanol–water partition coefficient (Wildman–Crippen LogP) is 0.0991. The SMILES string of the molecule is [Au+].[CH-]=C[Si]. The molecule has 0 aliphatic carbocycles. The van der Waals surface area contributed by atoms with E-state index >= 15 is 0 Å². The maximum Gasteiger partial charge on any atom is 1.00 e. The van der Waals surface area contributed by atoms with E-state index < -0.39 is 0 Å². The molecule has 0 saturated heterocycles. The van der Waals surface area contributed by atoms with Crippen LogP contribution in [0.4, 0.5) is 0 Å². The normalized spacial score (nSPS) is 3.25. The molecule has 0 aromatic rings. The van der Waals surface area contributed by atoms with E-state index in [0.717, 1.165) is 0 Å². The minimum atomic E-state index is 0. The van der Waals surface area contributed by atoms with Crippen LogP contribution in [0.15, 0.2) is 5.70 Å². The minimum absolute atomic E-state index is 0. The molecule has 0 fully saturated rings. The Labute approximate surface area is 45.2 Å². The fraction of sp³-hybridized carbons (Fsp3) is 0. The minimum Gasteiger partial charge on any atom is -0.523 e. The van der Waals surface area contributed by atoms with Crippen LogP contribution < -0.4 is 0 Å². The first-order valence-electron chi connectivity index (χ1n) is 0.622. The zero-order valence-corrected chi connectivity index (χ0v) is 5.12. The Morgan fingerprint density at radius 1 is 1.75 bits per heavy atom. The Morgan fingerprint density at radius 2 is 1.75 bits per heavy atom. The van der Waals surface area contributed by atoms with Gasteiger partial charge < -0.3 is 6.58 Å². The molecule has 0 aromatic carbocycles. The van der Waals surface area contributed by atoms with Crippen LogP contribution in [0.2, 0.25) is 0 Å². The molecule has 0 nitrogen and oxygen atoms in total. The summed E-state index contributed by atoms with van der Waals surface area (Å²) in [7, 11) is 2.84. The van der Waals surface area contributed by atoms with Crippen molar-refractivity contribution in [2.75, 3.05) is 0 Å². The molecule has 0 aliphatic heterocycles. The van der Waals surface area contributed by atoms with Crippen LogP contribution in [0.1, 0.15) is 0 Å². The fourth-order valence-electron chi connectivity index (χ4n) is 0. The molecule has 0 saturated carbocycles. The Bertz CT molecular complexity index is 13.5. The summed E-state index contributed by atoms with van der Waals surface area (Å²) in [6.07, 6.45) is 0. The summed E-state index contributed by atoms with van der Waals surface area (Å²) in [5.74, 6) is 0. The molecule has 0 heterocycles.